The topological polar surface area (TPSA) is 90.1 Å². The van der Waals surface area contributed by atoms with Crippen LogP contribution in [-0.4, -0.2) is 23.0 Å². The van der Waals surface area contributed by atoms with Crippen molar-refractivity contribution in [1.29, 1.82) is 0 Å². The van der Waals surface area contributed by atoms with Crippen LogP contribution in [0.3, 0.4) is 0 Å². The molecule has 2 aromatic rings. The number of carbonyl (C=O) groups excluding carboxylic acids is 1. The predicted molar refractivity (Wildman–Crippen MR) is 75.3 cm³/mol. The molecule has 1 aromatic carbocycles. The molecule has 3 N–H and O–H groups in total. The number of benzene rings is 1. The van der Waals surface area contributed by atoms with Gasteiger partial charge in [0.1, 0.15) is 11.4 Å². The smallest absolute Gasteiger partial charge is 0.271 e. The number of nitrogen functional groups attached to an aromatic ring is 1. The highest BCUT2D eigenvalue weighted by atomic mass is 16.5. The Morgan fingerprint density at radius 2 is 2.15 bits per heavy atom. The van der Waals surface area contributed by atoms with Gasteiger partial charge >= 0.3 is 0 Å². The van der Waals surface area contributed by atoms with E-state index in [1.807, 2.05) is 13.0 Å². The molecule has 1 heterocycles. The van der Waals surface area contributed by atoms with Crippen molar-refractivity contribution >= 4 is 11.6 Å². The number of nitrogens with one attached hydrogen (secondary N) is 1. The molecule has 0 aliphatic carbocycles. The molecule has 0 bridgehead atoms. The highest BCUT2D eigenvalue weighted by Gasteiger charge is 2.07. The summed E-state index contributed by atoms with van der Waals surface area (Å²) in [7, 11) is 1.56. The average Bonchev–Trinajstić information content (AvgIpc) is 2.45. The fourth-order valence-corrected chi connectivity index (χ4v) is 1.68. The molecule has 0 saturated heterocycles. The van der Waals surface area contributed by atoms with Gasteiger partial charge in [-0.1, -0.05) is 6.07 Å². The summed E-state index contributed by atoms with van der Waals surface area (Å²) in [6.45, 7) is 2.18. The van der Waals surface area contributed by atoms with Gasteiger partial charge in [0.25, 0.3) is 5.91 Å². The largest absolute Gasteiger partial charge is 0.495 e. The van der Waals surface area contributed by atoms with E-state index in [1.165, 1.54) is 6.20 Å². The van der Waals surface area contributed by atoms with E-state index in [9.17, 15) is 4.79 Å². The van der Waals surface area contributed by atoms with Crippen LogP contribution in [0.1, 0.15) is 21.7 Å². The molecule has 0 atom stereocenters. The van der Waals surface area contributed by atoms with Crippen LogP contribution < -0.4 is 15.8 Å². The number of anilines is 1. The summed E-state index contributed by atoms with van der Waals surface area (Å²) in [6.07, 6.45) is 3.01. The van der Waals surface area contributed by atoms with Crippen LogP contribution in [0.4, 0.5) is 5.69 Å². The maximum atomic E-state index is 11.9. The summed E-state index contributed by atoms with van der Waals surface area (Å²) in [6, 6.07) is 5.37. The zero-order valence-electron chi connectivity index (χ0n) is 11.4. The first-order chi connectivity index (χ1) is 9.60. The minimum atomic E-state index is -0.271. The molecule has 104 valence electrons. The lowest BCUT2D eigenvalue weighted by molar-refractivity contribution is 0.0945. The number of methoxy groups -OCH3 is 1. The van der Waals surface area contributed by atoms with Crippen LogP contribution in [0.15, 0.2) is 30.6 Å². The van der Waals surface area contributed by atoms with Crippen LogP contribution in [-0.2, 0) is 6.54 Å². The van der Waals surface area contributed by atoms with Crippen molar-refractivity contribution in [2.24, 2.45) is 0 Å². The Labute approximate surface area is 117 Å². The lowest BCUT2D eigenvalue weighted by atomic mass is 10.2. The first-order valence-corrected chi connectivity index (χ1v) is 6.09. The number of rotatable bonds is 4. The van der Waals surface area contributed by atoms with Crippen molar-refractivity contribution in [3.05, 3.63) is 47.5 Å². The second-order valence-electron chi connectivity index (χ2n) is 4.30. The fraction of sp³-hybridized carbons (Fsp3) is 0.214. The number of ether oxygens (including phenoxy) is 1. The third-order valence-corrected chi connectivity index (χ3v) is 2.76. The number of hydrogen-bond acceptors (Lipinski definition) is 5. The van der Waals surface area contributed by atoms with Crippen molar-refractivity contribution in [3.63, 3.8) is 0 Å². The number of carbonyl (C=O) groups is 1. The van der Waals surface area contributed by atoms with Crippen molar-refractivity contribution in [2.45, 2.75) is 13.5 Å². The first-order valence-electron chi connectivity index (χ1n) is 6.09. The molecule has 6 nitrogen and oxygen atoms in total. The van der Waals surface area contributed by atoms with Gasteiger partial charge in [0.15, 0.2) is 0 Å². The Morgan fingerprint density at radius 1 is 1.35 bits per heavy atom. The molecule has 0 aliphatic rings. The van der Waals surface area contributed by atoms with E-state index in [0.717, 1.165) is 11.3 Å². The predicted octanol–water partition coefficient (Wildman–Crippen LogP) is 1.31. The molecule has 1 amide bonds. The lowest BCUT2D eigenvalue weighted by Gasteiger charge is -2.08. The van der Waals surface area contributed by atoms with E-state index in [0.29, 0.717) is 18.0 Å². The maximum absolute atomic E-state index is 11.9. The van der Waals surface area contributed by atoms with E-state index in [4.69, 9.17) is 10.5 Å². The molecular weight excluding hydrogens is 256 g/mol. The highest BCUT2D eigenvalue weighted by molar-refractivity contribution is 5.91. The van der Waals surface area contributed by atoms with Gasteiger partial charge in [-0.15, -0.1) is 0 Å². The number of nitrogens with two attached hydrogens (primary N) is 1. The molecule has 0 spiro atoms. The van der Waals surface area contributed by atoms with Crippen molar-refractivity contribution in [1.82, 2.24) is 15.3 Å². The van der Waals surface area contributed by atoms with Crippen molar-refractivity contribution in [2.75, 3.05) is 12.8 Å². The van der Waals surface area contributed by atoms with E-state index in [-0.39, 0.29) is 11.6 Å². The molecule has 0 radical (unpaired) electrons. The van der Waals surface area contributed by atoms with Crippen LogP contribution in [0.2, 0.25) is 0 Å². The van der Waals surface area contributed by atoms with E-state index in [2.05, 4.69) is 15.3 Å². The van der Waals surface area contributed by atoms with E-state index in [1.54, 1.807) is 25.4 Å². The van der Waals surface area contributed by atoms with Gasteiger partial charge in [0.2, 0.25) is 0 Å². The molecule has 2 rings (SSSR count). The molecule has 6 heteroatoms. The Morgan fingerprint density at radius 3 is 2.75 bits per heavy atom. The monoisotopic (exact) mass is 272 g/mol. The standard InChI is InChI=1S/C14H16N4O2/c1-9-6-17-12(8-16-9)14(19)18-7-10-3-4-13(20-2)11(15)5-10/h3-6,8H,7,15H2,1-2H3,(H,18,19). The lowest BCUT2D eigenvalue weighted by Crippen LogP contribution is -2.24. The minimum Gasteiger partial charge on any atom is -0.495 e. The first kappa shape index (κ1) is 13.8. The third kappa shape index (κ3) is 3.23. The Hall–Kier alpha value is -2.63. The summed E-state index contributed by atoms with van der Waals surface area (Å²) >= 11 is 0. The second-order valence-corrected chi connectivity index (χ2v) is 4.30. The highest BCUT2D eigenvalue weighted by Crippen LogP contribution is 2.21. The summed E-state index contributed by atoms with van der Waals surface area (Å²) < 4.78 is 5.08. The molecule has 20 heavy (non-hydrogen) atoms. The van der Waals surface area contributed by atoms with Crippen molar-refractivity contribution in [3.8, 4) is 5.75 Å². The second kappa shape index (κ2) is 6.01. The number of aryl methyl sites for hydroxylation is 1. The molecule has 0 fully saturated rings. The van der Waals surface area contributed by atoms with Gasteiger partial charge in [-0.25, -0.2) is 4.98 Å². The molecule has 0 saturated carbocycles. The number of nitrogens with zero attached hydrogens (tertiary/aromatic N) is 2. The Kier molecular flexibility index (Phi) is 4.14. The summed E-state index contributed by atoms with van der Waals surface area (Å²) in [5.74, 6) is 0.344. The molecule has 0 unspecified atom stereocenters. The quantitative estimate of drug-likeness (QED) is 0.819. The van der Waals surface area contributed by atoms with Gasteiger partial charge in [0.05, 0.1) is 24.7 Å². The zero-order chi connectivity index (χ0) is 14.5. The average molecular weight is 272 g/mol. The molecule has 0 aliphatic heterocycles. The number of amides is 1. The Bertz CT molecular complexity index is 611. The van der Waals surface area contributed by atoms with Gasteiger partial charge in [-0.2, -0.15) is 0 Å². The minimum absolute atomic E-state index is 0.271. The van der Waals surface area contributed by atoms with Crippen LogP contribution in [0.5, 0.6) is 5.75 Å². The molecular formula is C14H16N4O2. The normalized spacial score (nSPS) is 10.1. The zero-order valence-corrected chi connectivity index (χ0v) is 11.4. The Balaban J connectivity index is 1.99. The SMILES string of the molecule is COc1ccc(CNC(=O)c2cnc(C)cn2)cc1N. The third-order valence-electron chi connectivity index (χ3n) is 2.76. The van der Waals surface area contributed by atoms with Gasteiger partial charge in [0, 0.05) is 12.7 Å². The van der Waals surface area contributed by atoms with Crippen molar-refractivity contribution < 1.29 is 9.53 Å². The van der Waals surface area contributed by atoms with E-state index >= 15 is 0 Å². The van der Waals surface area contributed by atoms with Crippen LogP contribution in [0, 0.1) is 6.92 Å². The summed E-state index contributed by atoms with van der Waals surface area (Å²) in [4.78, 5) is 19.9. The van der Waals surface area contributed by atoms with Gasteiger partial charge in [-0.05, 0) is 24.6 Å². The maximum Gasteiger partial charge on any atom is 0.271 e. The summed E-state index contributed by atoms with van der Waals surface area (Å²) in [5.41, 5.74) is 8.29. The van der Waals surface area contributed by atoms with Crippen LogP contribution >= 0.6 is 0 Å². The fourth-order valence-electron chi connectivity index (χ4n) is 1.68. The summed E-state index contributed by atoms with van der Waals surface area (Å²) in [5, 5.41) is 2.76. The van der Waals surface area contributed by atoms with Gasteiger partial charge < -0.3 is 15.8 Å². The van der Waals surface area contributed by atoms with E-state index < -0.39 is 0 Å². The van der Waals surface area contributed by atoms with Crippen LogP contribution in [0.25, 0.3) is 0 Å². The number of aromatic nitrogens is 2. The van der Waals surface area contributed by atoms with Gasteiger partial charge in [-0.3, -0.25) is 9.78 Å². The molecule has 1 aromatic heterocycles. The number of hydrogen-bond donors (Lipinski definition) is 2.